The zero-order valence-electron chi connectivity index (χ0n) is 8.71. The summed E-state index contributed by atoms with van der Waals surface area (Å²) in [6, 6.07) is 4.54. The molecule has 0 N–H and O–H groups in total. The quantitative estimate of drug-likeness (QED) is 0.427. The summed E-state index contributed by atoms with van der Waals surface area (Å²) in [6.45, 7) is 1.75. The fraction of sp³-hybridized carbons (Fsp3) is 0.273. The Bertz CT molecular complexity index is 423. The van der Waals surface area contributed by atoms with E-state index >= 15 is 0 Å². The first-order valence-corrected chi connectivity index (χ1v) is 4.71. The second-order valence-corrected chi connectivity index (χ2v) is 2.91. The number of ketones is 1. The van der Waals surface area contributed by atoms with Gasteiger partial charge < -0.3 is 4.74 Å². The molecule has 0 radical (unpaired) electrons. The van der Waals surface area contributed by atoms with Crippen LogP contribution in [0.25, 0.3) is 0 Å². The van der Waals surface area contributed by atoms with Gasteiger partial charge in [0.2, 0.25) is 5.92 Å². The minimum atomic E-state index is -1.40. The highest BCUT2D eigenvalue weighted by atomic mass is 16.5. The fourth-order valence-electron chi connectivity index (χ4n) is 1.13. The van der Waals surface area contributed by atoms with Gasteiger partial charge in [-0.05, 0) is 19.1 Å². The molecule has 0 saturated carbocycles. The molecule has 5 heteroatoms. The Morgan fingerprint density at radius 2 is 2.12 bits per heavy atom. The number of ether oxygens (including phenoxy) is 1. The first-order chi connectivity index (χ1) is 7.70. The standard InChI is InChI=1S/C11H10N2O3/c1-2-16-11(15)9(7-12)10(14)8-3-5-13-6-4-8/h3-6,9H,2H2,1H3. The SMILES string of the molecule is CCOC(=O)C(C#N)C(=O)c1ccncc1. The van der Waals surface area contributed by atoms with Crippen molar-refractivity contribution in [1.82, 2.24) is 4.98 Å². The van der Waals surface area contributed by atoms with Gasteiger partial charge in [-0.25, -0.2) is 0 Å². The van der Waals surface area contributed by atoms with Crippen LogP contribution in [0.2, 0.25) is 0 Å². The number of hydrogen-bond donors (Lipinski definition) is 0. The summed E-state index contributed by atoms with van der Waals surface area (Å²) in [4.78, 5) is 26.8. The number of aromatic nitrogens is 1. The third-order valence-electron chi connectivity index (χ3n) is 1.88. The van der Waals surface area contributed by atoms with Crippen LogP contribution in [-0.4, -0.2) is 23.3 Å². The largest absolute Gasteiger partial charge is 0.465 e. The van der Waals surface area contributed by atoms with Gasteiger partial charge >= 0.3 is 5.97 Å². The van der Waals surface area contributed by atoms with E-state index in [1.807, 2.05) is 0 Å². The minimum absolute atomic E-state index is 0.140. The van der Waals surface area contributed by atoms with Crippen LogP contribution in [0.4, 0.5) is 0 Å². The molecule has 1 unspecified atom stereocenters. The second kappa shape index (κ2) is 5.61. The molecule has 1 aromatic rings. The highest BCUT2D eigenvalue weighted by Gasteiger charge is 2.28. The first kappa shape index (κ1) is 11.9. The molecular formula is C11H10N2O3. The molecule has 0 aliphatic rings. The van der Waals surface area contributed by atoms with Gasteiger partial charge in [-0.15, -0.1) is 0 Å². The van der Waals surface area contributed by atoms with Crippen LogP contribution >= 0.6 is 0 Å². The average molecular weight is 218 g/mol. The van der Waals surface area contributed by atoms with E-state index in [4.69, 9.17) is 5.26 Å². The first-order valence-electron chi connectivity index (χ1n) is 4.71. The topological polar surface area (TPSA) is 80.0 Å². The van der Waals surface area contributed by atoms with E-state index in [9.17, 15) is 9.59 Å². The molecule has 0 spiro atoms. The molecule has 5 nitrogen and oxygen atoms in total. The fourth-order valence-corrected chi connectivity index (χ4v) is 1.13. The molecule has 0 aliphatic heterocycles. The van der Waals surface area contributed by atoms with Crippen molar-refractivity contribution in [2.24, 2.45) is 5.92 Å². The number of nitriles is 1. The zero-order chi connectivity index (χ0) is 12.0. The maximum absolute atomic E-state index is 11.7. The van der Waals surface area contributed by atoms with Crippen molar-refractivity contribution in [2.75, 3.05) is 6.61 Å². The van der Waals surface area contributed by atoms with Gasteiger partial charge in [0.15, 0.2) is 5.78 Å². The number of esters is 1. The molecule has 0 saturated heterocycles. The van der Waals surface area contributed by atoms with Gasteiger partial charge in [-0.2, -0.15) is 5.26 Å². The van der Waals surface area contributed by atoms with E-state index in [1.54, 1.807) is 13.0 Å². The Balaban J connectivity index is 2.87. The molecule has 0 aromatic carbocycles. The third-order valence-corrected chi connectivity index (χ3v) is 1.88. The van der Waals surface area contributed by atoms with Crippen molar-refractivity contribution in [3.63, 3.8) is 0 Å². The third kappa shape index (κ3) is 2.64. The van der Waals surface area contributed by atoms with Crippen molar-refractivity contribution in [3.05, 3.63) is 30.1 Å². The van der Waals surface area contributed by atoms with Crippen LogP contribution in [0.5, 0.6) is 0 Å². The Labute approximate surface area is 92.7 Å². The minimum Gasteiger partial charge on any atom is -0.465 e. The van der Waals surface area contributed by atoms with Crippen molar-refractivity contribution < 1.29 is 14.3 Å². The van der Waals surface area contributed by atoms with Crippen LogP contribution in [0.1, 0.15) is 17.3 Å². The summed E-state index contributed by atoms with van der Waals surface area (Å²) in [7, 11) is 0. The van der Waals surface area contributed by atoms with Gasteiger partial charge in [0.1, 0.15) is 0 Å². The zero-order valence-corrected chi connectivity index (χ0v) is 8.71. The van der Waals surface area contributed by atoms with E-state index in [1.165, 1.54) is 24.5 Å². The van der Waals surface area contributed by atoms with Crippen LogP contribution in [-0.2, 0) is 9.53 Å². The maximum Gasteiger partial charge on any atom is 0.331 e. The summed E-state index contributed by atoms with van der Waals surface area (Å²) in [5, 5.41) is 8.77. The van der Waals surface area contributed by atoms with Gasteiger partial charge in [0, 0.05) is 18.0 Å². The summed E-state index contributed by atoms with van der Waals surface area (Å²) < 4.78 is 4.64. The lowest BCUT2D eigenvalue weighted by molar-refractivity contribution is -0.144. The number of carbonyl (C=O) groups is 2. The monoisotopic (exact) mass is 218 g/mol. The van der Waals surface area contributed by atoms with E-state index in [-0.39, 0.29) is 12.2 Å². The Hall–Kier alpha value is -2.22. The van der Waals surface area contributed by atoms with Gasteiger partial charge in [-0.3, -0.25) is 14.6 Å². The number of pyridine rings is 1. The Morgan fingerprint density at radius 1 is 1.50 bits per heavy atom. The smallest absolute Gasteiger partial charge is 0.331 e. The normalized spacial score (nSPS) is 11.2. The highest BCUT2D eigenvalue weighted by Crippen LogP contribution is 2.09. The second-order valence-electron chi connectivity index (χ2n) is 2.91. The number of carbonyl (C=O) groups excluding carboxylic acids is 2. The Morgan fingerprint density at radius 3 is 2.62 bits per heavy atom. The number of nitrogens with zero attached hydrogens (tertiary/aromatic N) is 2. The maximum atomic E-state index is 11.7. The molecule has 0 aliphatic carbocycles. The molecule has 0 bridgehead atoms. The van der Waals surface area contributed by atoms with E-state index < -0.39 is 17.7 Å². The molecule has 0 fully saturated rings. The molecule has 82 valence electrons. The predicted molar refractivity (Wildman–Crippen MR) is 54.3 cm³/mol. The van der Waals surface area contributed by atoms with Gasteiger partial charge in [0.05, 0.1) is 12.7 Å². The van der Waals surface area contributed by atoms with Crippen molar-refractivity contribution in [3.8, 4) is 6.07 Å². The van der Waals surface area contributed by atoms with E-state index in [0.29, 0.717) is 0 Å². The molecule has 1 rings (SSSR count). The Kier molecular flexibility index (Phi) is 4.16. The van der Waals surface area contributed by atoms with Gasteiger partial charge in [0.25, 0.3) is 0 Å². The van der Waals surface area contributed by atoms with Crippen molar-refractivity contribution in [1.29, 1.82) is 5.26 Å². The van der Waals surface area contributed by atoms with Crippen LogP contribution in [0.15, 0.2) is 24.5 Å². The predicted octanol–water partition coefficient (Wildman–Crippen LogP) is 0.967. The molecule has 1 atom stereocenters. The van der Waals surface area contributed by atoms with Crippen LogP contribution < -0.4 is 0 Å². The lowest BCUT2D eigenvalue weighted by atomic mass is 10.00. The number of hydrogen-bond acceptors (Lipinski definition) is 5. The van der Waals surface area contributed by atoms with Crippen LogP contribution in [0, 0.1) is 17.2 Å². The van der Waals surface area contributed by atoms with E-state index in [0.717, 1.165) is 0 Å². The summed E-state index contributed by atoms with van der Waals surface area (Å²) >= 11 is 0. The van der Waals surface area contributed by atoms with Crippen molar-refractivity contribution >= 4 is 11.8 Å². The molecule has 16 heavy (non-hydrogen) atoms. The van der Waals surface area contributed by atoms with Crippen LogP contribution in [0.3, 0.4) is 0 Å². The molecule has 1 aromatic heterocycles. The summed E-state index contributed by atoms with van der Waals surface area (Å²) in [5.41, 5.74) is 0.273. The lowest BCUT2D eigenvalue weighted by Gasteiger charge is -2.06. The highest BCUT2D eigenvalue weighted by molar-refractivity contribution is 6.10. The van der Waals surface area contributed by atoms with E-state index in [2.05, 4.69) is 9.72 Å². The molecule has 1 heterocycles. The van der Waals surface area contributed by atoms with Gasteiger partial charge in [-0.1, -0.05) is 0 Å². The van der Waals surface area contributed by atoms with Crippen molar-refractivity contribution in [2.45, 2.75) is 6.92 Å². The average Bonchev–Trinajstić information content (AvgIpc) is 2.31. The lowest BCUT2D eigenvalue weighted by Crippen LogP contribution is -2.24. The number of Topliss-reactive ketones (excluding diaryl/α,β-unsaturated/α-hetero) is 1. The summed E-state index contributed by atoms with van der Waals surface area (Å²) in [6.07, 6.45) is 2.85. The molecular weight excluding hydrogens is 208 g/mol. The summed E-state index contributed by atoms with van der Waals surface area (Å²) in [5.74, 6) is -2.78. The molecule has 0 amide bonds. The number of rotatable bonds is 4.